The molecule has 1 amide bonds. The second-order valence-electron chi connectivity index (χ2n) is 5.87. The third kappa shape index (κ3) is 3.33. The van der Waals surface area contributed by atoms with E-state index in [2.05, 4.69) is 15.4 Å². The molecule has 0 radical (unpaired) electrons. The van der Waals surface area contributed by atoms with Gasteiger partial charge >= 0.3 is 0 Å². The van der Waals surface area contributed by atoms with Crippen molar-refractivity contribution in [2.75, 3.05) is 5.32 Å². The summed E-state index contributed by atoms with van der Waals surface area (Å²) in [6.45, 7) is 0. The third-order valence-electron chi connectivity index (χ3n) is 4.06. The number of halogens is 2. The monoisotopic (exact) mass is 388 g/mol. The highest BCUT2D eigenvalue weighted by Gasteiger charge is 2.24. The van der Waals surface area contributed by atoms with Gasteiger partial charge in [0.1, 0.15) is 22.9 Å². The summed E-state index contributed by atoms with van der Waals surface area (Å²) < 4.78 is 34.6. The maximum atomic E-state index is 13.8. The van der Waals surface area contributed by atoms with Crippen LogP contribution in [0.15, 0.2) is 58.4 Å². The molecule has 0 aliphatic heterocycles. The summed E-state index contributed by atoms with van der Waals surface area (Å²) in [7, 11) is 1.78. The molecular weight excluding hydrogens is 374 g/mol. The Morgan fingerprint density at radius 1 is 1.41 bits per heavy atom. The number of aryl methyl sites for hydroxylation is 1. The first-order chi connectivity index (χ1) is 13.0. The van der Waals surface area contributed by atoms with Crippen LogP contribution in [0.25, 0.3) is 22.0 Å². The van der Waals surface area contributed by atoms with Gasteiger partial charge < -0.3 is 4.42 Å². The SMILES string of the molecule is Cn1nc(-c2ccco2)cc1-c1cnc(NC(=O)C2=C(F)CCC=C2F)s1. The van der Waals surface area contributed by atoms with Crippen molar-refractivity contribution >= 4 is 22.4 Å². The minimum absolute atomic E-state index is 0.0177. The highest BCUT2D eigenvalue weighted by Crippen LogP contribution is 2.33. The molecule has 1 N–H and O–H groups in total. The van der Waals surface area contributed by atoms with E-state index < -0.39 is 23.1 Å². The summed E-state index contributed by atoms with van der Waals surface area (Å²) in [4.78, 5) is 17.1. The van der Waals surface area contributed by atoms with Crippen molar-refractivity contribution in [3.63, 3.8) is 0 Å². The van der Waals surface area contributed by atoms with Crippen LogP contribution in [0, 0.1) is 0 Å². The molecule has 27 heavy (non-hydrogen) atoms. The van der Waals surface area contributed by atoms with E-state index in [1.54, 1.807) is 36.3 Å². The van der Waals surface area contributed by atoms with E-state index in [0.717, 1.165) is 10.6 Å². The Bertz CT molecular complexity index is 1060. The smallest absolute Gasteiger partial charge is 0.263 e. The summed E-state index contributed by atoms with van der Waals surface area (Å²) in [6.07, 6.45) is 4.60. The van der Waals surface area contributed by atoms with Crippen molar-refractivity contribution in [2.24, 2.45) is 7.05 Å². The fraction of sp³-hybridized carbons (Fsp3) is 0.167. The van der Waals surface area contributed by atoms with E-state index in [-0.39, 0.29) is 18.0 Å². The Hall–Kier alpha value is -3.07. The summed E-state index contributed by atoms with van der Waals surface area (Å²) in [5.41, 5.74) is 0.880. The predicted octanol–water partition coefficient (Wildman–Crippen LogP) is 4.61. The van der Waals surface area contributed by atoms with E-state index in [1.165, 1.54) is 17.4 Å². The molecule has 138 valence electrons. The number of anilines is 1. The standard InChI is InChI=1S/C18H14F2N4O2S/c1-24-13(8-12(23-24)14-6-3-7-26-14)15-9-21-18(27-15)22-17(25)16-10(19)4-2-5-11(16)20/h3-4,6-9H,2,5H2,1H3,(H,21,22,25). The number of furan rings is 1. The van der Waals surface area contributed by atoms with Gasteiger partial charge in [-0.3, -0.25) is 14.8 Å². The molecule has 0 saturated heterocycles. The molecule has 6 nitrogen and oxygen atoms in total. The van der Waals surface area contributed by atoms with Gasteiger partial charge in [0.2, 0.25) is 0 Å². The molecule has 0 bridgehead atoms. The molecule has 0 spiro atoms. The average molecular weight is 388 g/mol. The van der Waals surface area contributed by atoms with E-state index in [9.17, 15) is 13.6 Å². The molecule has 3 aromatic rings. The van der Waals surface area contributed by atoms with Gasteiger partial charge in [-0.15, -0.1) is 0 Å². The zero-order valence-corrected chi connectivity index (χ0v) is 15.0. The zero-order chi connectivity index (χ0) is 19.0. The zero-order valence-electron chi connectivity index (χ0n) is 14.2. The van der Waals surface area contributed by atoms with E-state index >= 15 is 0 Å². The molecule has 0 atom stereocenters. The van der Waals surface area contributed by atoms with Crippen molar-refractivity contribution in [1.82, 2.24) is 14.8 Å². The van der Waals surface area contributed by atoms with Crippen LogP contribution in [0.1, 0.15) is 12.8 Å². The molecule has 0 unspecified atom stereocenters. The number of hydrogen-bond acceptors (Lipinski definition) is 5. The van der Waals surface area contributed by atoms with Gasteiger partial charge in [-0.2, -0.15) is 5.10 Å². The Labute approximate surface area is 156 Å². The number of aromatic nitrogens is 3. The Morgan fingerprint density at radius 3 is 3.00 bits per heavy atom. The van der Waals surface area contributed by atoms with Gasteiger partial charge in [-0.05, 0) is 30.7 Å². The fourth-order valence-electron chi connectivity index (χ4n) is 2.77. The summed E-state index contributed by atoms with van der Waals surface area (Å²) in [5.74, 6) is -1.80. The fourth-order valence-corrected chi connectivity index (χ4v) is 3.62. The second kappa shape index (κ2) is 6.92. The summed E-state index contributed by atoms with van der Waals surface area (Å²) in [6, 6.07) is 5.42. The first-order valence-electron chi connectivity index (χ1n) is 8.13. The minimum atomic E-state index is -0.845. The maximum Gasteiger partial charge on any atom is 0.263 e. The topological polar surface area (TPSA) is 73.0 Å². The van der Waals surface area contributed by atoms with Gasteiger partial charge in [0.25, 0.3) is 5.91 Å². The van der Waals surface area contributed by atoms with Gasteiger partial charge in [0.15, 0.2) is 10.9 Å². The molecule has 0 fully saturated rings. The van der Waals surface area contributed by atoms with Crippen molar-refractivity contribution in [3.05, 3.63) is 54.0 Å². The van der Waals surface area contributed by atoms with Crippen LogP contribution < -0.4 is 5.32 Å². The summed E-state index contributed by atoms with van der Waals surface area (Å²) >= 11 is 1.18. The second-order valence-corrected chi connectivity index (χ2v) is 6.90. The normalized spacial score (nSPS) is 14.4. The van der Waals surface area contributed by atoms with Gasteiger partial charge in [-0.25, -0.2) is 13.8 Å². The lowest BCUT2D eigenvalue weighted by Gasteiger charge is -2.10. The number of nitrogens with one attached hydrogen (secondary N) is 1. The quantitative estimate of drug-likeness (QED) is 0.708. The minimum Gasteiger partial charge on any atom is -0.463 e. The van der Waals surface area contributed by atoms with Crippen molar-refractivity contribution in [3.8, 4) is 22.0 Å². The highest BCUT2D eigenvalue weighted by atomic mass is 32.1. The Balaban J connectivity index is 1.56. The number of amides is 1. The van der Waals surface area contributed by atoms with Crippen LogP contribution in [0.5, 0.6) is 0 Å². The van der Waals surface area contributed by atoms with E-state index in [0.29, 0.717) is 11.5 Å². The number of nitrogens with zero attached hydrogens (tertiary/aromatic N) is 3. The molecule has 4 rings (SSSR count). The maximum absolute atomic E-state index is 13.8. The highest BCUT2D eigenvalue weighted by molar-refractivity contribution is 7.19. The van der Waals surface area contributed by atoms with Crippen LogP contribution in [-0.2, 0) is 11.8 Å². The predicted molar refractivity (Wildman–Crippen MR) is 97.2 cm³/mol. The third-order valence-corrected chi connectivity index (χ3v) is 4.99. The average Bonchev–Trinajstić information content (AvgIpc) is 3.35. The largest absolute Gasteiger partial charge is 0.463 e. The number of allylic oxidation sites excluding steroid dienone is 2. The lowest BCUT2D eigenvalue weighted by Crippen LogP contribution is -2.17. The van der Waals surface area contributed by atoms with Gasteiger partial charge in [0.05, 0.1) is 16.8 Å². The molecule has 3 aromatic heterocycles. The molecule has 0 aromatic carbocycles. The van der Waals surface area contributed by atoms with Crippen LogP contribution >= 0.6 is 11.3 Å². The van der Waals surface area contributed by atoms with Crippen LogP contribution in [0.2, 0.25) is 0 Å². The van der Waals surface area contributed by atoms with E-state index in [4.69, 9.17) is 4.42 Å². The summed E-state index contributed by atoms with van der Waals surface area (Å²) in [5, 5.41) is 7.10. The Morgan fingerprint density at radius 2 is 2.26 bits per heavy atom. The van der Waals surface area contributed by atoms with Crippen molar-refractivity contribution in [2.45, 2.75) is 12.8 Å². The first kappa shape index (κ1) is 17.3. The molecular formula is C18H14F2N4O2S. The number of thiazole rings is 1. The molecule has 1 aliphatic carbocycles. The Kier molecular flexibility index (Phi) is 4.44. The van der Waals surface area contributed by atoms with E-state index in [1.807, 2.05) is 6.07 Å². The molecule has 0 saturated carbocycles. The molecule has 1 aliphatic rings. The molecule has 9 heteroatoms. The number of hydrogen-bond donors (Lipinski definition) is 1. The first-order valence-corrected chi connectivity index (χ1v) is 8.94. The van der Waals surface area contributed by atoms with Crippen LogP contribution in [0.4, 0.5) is 13.9 Å². The molecule has 3 heterocycles. The van der Waals surface area contributed by atoms with Crippen molar-refractivity contribution < 1.29 is 18.0 Å². The van der Waals surface area contributed by atoms with Gasteiger partial charge in [-0.1, -0.05) is 11.3 Å². The van der Waals surface area contributed by atoms with Crippen molar-refractivity contribution in [1.29, 1.82) is 0 Å². The van der Waals surface area contributed by atoms with Crippen LogP contribution in [0.3, 0.4) is 0 Å². The van der Waals surface area contributed by atoms with Crippen LogP contribution in [-0.4, -0.2) is 20.7 Å². The van der Waals surface area contributed by atoms with Gasteiger partial charge in [0, 0.05) is 19.7 Å². The number of rotatable bonds is 4. The lowest BCUT2D eigenvalue weighted by atomic mass is 10.0. The lowest BCUT2D eigenvalue weighted by molar-refractivity contribution is -0.112. The number of carbonyl (C=O) groups is 1. The number of carbonyl (C=O) groups excluding carboxylic acids is 1.